The van der Waals surface area contributed by atoms with Crippen molar-refractivity contribution in [3.8, 4) is 0 Å². The molecular weight excluding hydrogens is 288 g/mol. The van der Waals surface area contributed by atoms with E-state index in [1.807, 2.05) is 20.8 Å². The topological polar surface area (TPSA) is 75.3 Å². The van der Waals surface area contributed by atoms with Gasteiger partial charge in [0.15, 0.2) is 0 Å². The second-order valence-corrected chi connectivity index (χ2v) is 7.90. The first-order chi connectivity index (χ1) is 9.62. The third-order valence-corrected chi connectivity index (χ3v) is 3.84. The number of rotatable bonds is 9. The van der Waals surface area contributed by atoms with Gasteiger partial charge < -0.3 is 10.6 Å². The van der Waals surface area contributed by atoms with E-state index in [1.165, 1.54) is 0 Å². The average molecular weight is 320 g/mol. The van der Waals surface area contributed by atoms with Crippen LogP contribution in [0.25, 0.3) is 0 Å². The van der Waals surface area contributed by atoms with Crippen molar-refractivity contribution in [3.63, 3.8) is 0 Å². The van der Waals surface area contributed by atoms with Gasteiger partial charge in [0.05, 0.1) is 6.54 Å². The maximum atomic E-state index is 11.7. The number of Topliss-reactive ketones (excluding diaryl/α,β-unsaturated/α-hetero) is 1. The summed E-state index contributed by atoms with van der Waals surface area (Å²) in [6.07, 6.45) is 0.729. The quantitative estimate of drug-likeness (QED) is 0.683. The summed E-state index contributed by atoms with van der Waals surface area (Å²) in [4.78, 5) is 34.7. The van der Waals surface area contributed by atoms with Crippen LogP contribution in [-0.4, -0.2) is 41.7 Å². The van der Waals surface area contributed by atoms with Crippen molar-refractivity contribution in [2.45, 2.75) is 52.7 Å². The number of hydrogen-bond donors (Lipinski definition) is 2. The fourth-order valence-corrected chi connectivity index (χ4v) is 2.18. The minimum Gasteiger partial charge on any atom is -0.354 e. The molecule has 0 saturated heterocycles. The molecule has 0 aliphatic rings. The lowest BCUT2D eigenvalue weighted by Gasteiger charge is -2.16. The van der Waals surface area contributed by atoms with E-state index >= 15 is 0 Å². The van der Waals surface area contributed by atoms with Crippen molar-refractivity contribution < 1.29 is 17.2 Å². The number of nitrogens with one attached hydrogen (secondary N) is 2. The lowest BCUT2D eigenvalue weighted by molar-refractivity contribution is -0.127. The first kappa shape index (κ1) is 20.0. The third-order valence-electron chi connectivity index (χ3n) is 2.74. The molecule has 126 valence electrons. The molecule has 0 unspecified atom stereocenters. The number of hydrogen-bond acceptors (Lipinski definition) is 4. The predicted octanol–water partition coefficient (Wildman–Crippen LogP) is 2.25. The minimum absolute atomic E-state index is 0. The van der Waals surface area contributed by atoms with Crippen LogP contribution >= 0.6 is 11.8 Å². The smallest absolute Gasteiger partial charge is 0.239 e. The summed E-state index contributed by atoms with van der Waals surface area (Å²) in [6.45, 7) is 10.00. The summed E-state index contributed by atoms with van der Waals surface area (Å²) in [5.41, 5.74) is -0.382. The Hall–Kier alpha value is -1.04. The molecule has 2 N–H and O–H groups in total. The predicted molar refractivity (Wildman–Crippen MR) is 91.5 cm³/mol. The fourth-order valence-electron chi connectivity index (χ4n) is 1.41. The Bertz CT molecular complexity index is 372. The molecule has 0 heterocycles. The molecule has 0 saturated carbocycles. The summed E-state index contributed by atoms with van der Waals surface area (Å²) in [7, 11) is 0. The van der Waals surface area contributed by atoms with Gasteiger partial charge in [0.2, 0.25) is 11.8 Å². The summed E-state index contributed by atoms with van der Waals surface area (Å²) in [5.74, 6) is 0.480. The van der Waals surface area contributed by atoms with E-state index in [0.29, 0.717) is 24.6 Å². The Balaban J connectivity index is -0.00000200. The van der Waals surface area contributed by atoms with Crippen LogP contribution in [0.15, 0.2) is 0 Å². The Morgan fingerprint density at radius 2 is 1.67 bits per heavy atom. The molecule has 0 aromatic rings. The van der Waals surface area contributed by atoms with Gasteiger partial charge in [-0.1, -0.05) is 34.6 Å². The molecule has 0 radical (unpaired) electrons. The van der Waals surface area contributed by atoms with Crippen LogP contribution in [0, 0.1) is 5.41 Å². The molecule has 0 aliphatic heterocycles. The summed E-state index contributed by atoms with van der Waals surface area (Å²) >= 11 is 1.71. The van der Waals surface area contributed by atoms with Crippen LogP contribution in [0.5, 0.6) is 0 Å². The standard InChI is InChI=1S/C15H28N2O3S.2H2/c1-11(2)21-9-7-13(19)17-10-14(20)16-8-6-12(18)15(3,4)5;;/h11H,6-10H2,1-5H3,(H,16,20)(H,17,19);2*1H. The Labute approximate surface area is 135 Å². The molecule has 2 amide bonds. The van der Waals surface area contributed by atoms with Crippen molar-refractivity contribution >= 4 is 29.4 Å². The largest absolute Gasteiger partial charge is 0.354 e. The van der Waals surface area contributed by atoms with Crippen LogP contribution in [0.4, 0.5) is 0 Å². The molecule has 0 atom stereocenters. The summed E-state index contributed by atoms with van der Waals surface area (Å²) < 4.78 is 0. The molecule has 6 heteroatoms. The number of carbonyl (C=O) groups excluding carboxylic acids is 3. The van der Waals surface area contributed by atoms with Crippen molar-refractivity contribution in [1.82, 2.24) is 10.6 Å². The van der Waals surface area contributed by atoms with Crippen LogP contribution in [-0.2, 0) is 14.4 Å². The molecule has 0 bridgehead atoms. The summed E-state index contributed by atoms with van der Waals surface area (Å²) in [5, 5.41) is 5.71. The zero-order valence-corrected chi connectivity index (χ0v) is 14.6. The van der Waals surface area contributed by atoms with E-state index in [0.717, 1.165) is 5.75 Å². The van der Waals surface area contributed by atoms with Crippen LogP contribution < -0.4 is 10.6 Å². The van der Waals surface area contributed by atoms with E-state index in [-0.39, 0.29) is 32.4 Å². The zero-order chi connectivity index (χ0) is 16.5. The minimum atomic E-state index is -0.382. The van der Waals surface area contributed by atoms with E-state index in [1.54, 1.807) is 11.8 Å². The van der Waals surface area contributed by atoms with Crippen LogP contribution in [0.1, 0.15) is 50.3 Å². The molecule has 0 spiro atoms. The molecule has 5 nitrogen and oxygen atoms in total. The molecule has 0 rings (SSSR count). The highest BCUT2D eigenvalue weighted by Gasteiger charge is 2.20. The highest BCUT2D eigenvalue weighted by Crippen LogP contribution is 2.15. The fraction of sp³-hybridized carbons (Fsp3) is 0.800. The first-order valence-electron chi connectivity index (χ1n) is 7.31. The van der Waals surface area contributed by atoms with Crippen molar-refractivity contribution in [2.24, 2.45) is 5.41 Å². The van der Waals surface area contributed by atoms with Gasteiger partial charge in [-0.15, -0.1) is 0 Å². The van der Waals surface area contributed by atoms with Crippen molar-refractivity contribution in [1.29, 1.82) is 0 Å². The highest BCUT2D eigenvalue weighted by atomic mass is 32.2. The molecule has 0 fully saturated rings. The Kier molecular flexibility index (Phi) is 9.33. The normalized spacial score (nSPS) is 11.3. The van der Waals surface area contributed by atoms with Crippen molar-refractivity contribution in [3.05, 3.63) is 0 Å². The maximum absolute atomic E-state index is 11.7. The second kappa shape index (κ2) is 9.82. The lowest BCUT2D eigenvalue weighted by atomic mass is 9.89. The van der Waals surface area contributed by atoms with E-state index in [9.17, 15) is 14.4 Å². The van der Waals surface area contributed by atoms with Gasteiger partial charge in [-0.2, -0.15) is 11.8 Å². The average Bonchev–Trinajstić information content (AvgIpc) is 2.34. The number of ketones is 1. The number of amides is 2. The monoisotopic (exact) mass is 320 g/mol. The third kappa shape index (κ3) is 11.3. The molecule has 0 aromatic heterocycles. The van der Waals surface area contributed by atoms with Crippen LogP contribution in [0.3, 0.4) is 0 Å². The van der Waals surface area contributed by atoms with Gasteiger partial charge >= 0.3 is 0 Å². The molecular formula is C15H32N2O3S. The van der Waals surface area contributed by atoms with Gasteiger partial charge in [0.25, 0.3) is 0 Å². The highest BCUT2D eigenvalue weighted by molar-refractivity contribution is 7.99. The van der Waals surface area contributed by atoms with E-state index in [2.05, 4.69) is 24.5 Å². The zero-order valence-electron chi connectivity index (χ0n) is 13.7. The SMILES string of the molecule is CC(C)SCCC(=O)NCC(=O)NCCC(=O)C(C)(C)C.[HH].[HH]. The van der Waals surface area contributed by atoms with Gasteiger partial charge in [0, 0.05) is 33.4 Å². The van der Waals surface area contributed by atoms with Crippen LogP contribution in [0.2, 0.25) is 0 Å². The van der Waals surface area contributed by atoms with E-state index < -0.39 is 0 Å². The lowest BCUT2D eigenvalue weighted by Crippen LogP contribution is -2.38. The van der Waals surface area contributed by atoms with Gasteiger partial charge in [-0.25, -0.2) is 0 Å². The van der Waals surface area contributed by atoms with E-state index in [4.69, 9.17) is 0 Å². The Morgan fingerprint density at radius 1 is 1.05 bits per heavy atom. The maximum Gasteiger partial charge on any atom is 0.239 e. The van der Waals surface area contributed by atoms with Gasteiger partial charge in [-0.05, 0) is 5.25 Å². The van der Waals surface area contributed by atoms with Gasteiger partial charge in [-0.3, -0.25) is 14.4 Å². The second-order valence-electron chi connectivity index (χ2n) is 6.22. The Morgan fingerprint density at radius 3 is 2.19 bits per heavy atom. The number of carbonyl (C=O) groups is 3. The first-order valence-corrected chi connectivity index (χ1v) is 8.36. The molecule has 0 aliphatic carbocycles. The molecule has 21 heavy (non-hydrogen) atoms. The van der Waals surface area contributed by atoms with Gasteiger partial charge in [0.1, 0.15) is 5.78 Å². The number of thioether (sulfide) groups is 1. The summed E-state index contributed by atoms with van der Waals surface area (Å²) in [6, 6.07) is 0. The van der Waals surface area contributed by atoms with Crippen molar-refractivity contribution in [2.75, 3.05) is 18.8 Å². The molecule has 0 aromatic carbocycles.